The van der Waals surface area contributed by atoms with E-state index in [1.165, 1.54) is 0 Å². The number of nitro benzene ring substituents is 1. The Bertz CT molecular complexity index is 557. The Morgan fingerprint density at radius 1 is 1.38 bits per heavy atom. The Hall–Kier alpha value is -2.64. The molecule has 0 aliphatic heterocycles. The molecule has 0 saturated carbocycles. The largest absolute Gasteiger partial charge is 0.478 e. The highest BCUT2D eigenvalue weighted by molar-refractivity contribution is 5.90. The van der Waals surface area contributed by atoms with Crippen molar-refractivity contribution in [2.24, 2.45) is 5.92 Å². The number of benzene rings is 1. The van der Waals surface area contributed by atoms with Gasteiger partial charge >= 0.3 is 5.97 Å². The predicted octanol–water partition coefficient (Wildman–Crippen LogP) is 1.48. The molecular weight excluding hydrogens is 278 g/mol. The minimum atomic E-state index is -1.20. The Balaban J connectivity index is 2.80. The van der Waals surface area contributed by atoms with Crippen molar-refractivity contribution in [1.29, 1.82) is 0 Å². The van der Waals surface area contributed by atoms with Crippen LogP contribution in [0.5, 0.6) is 0 Å². The monoisotopic (exact) mass is 295 g/mol. The van der Waals surface area contributed by atoms with E-state index in [1.54, 1.807) is 0 Å². The molecule has 8 heteroatoms. The summed E-state index contributed by atoms with van der Waals surface area (Å²) in [6.45, 7) is 4.21. The van der Waals surface area contributed by atoms with Gasteiger partial charge in [-0.1, -0.05) is 13.8 Å². The molecule has 0 fully saturated rings. The first kappa shape index (κ1) is 16.4. The van der Waals surface area contributed by atoms with Crippen LogP contribution < -0.4 is 10.6 Å². The number of carboxylic acids is 1. The maximum atomic E-state index is 11.6. The molecular formula is C13H17N3O5. The number of hydrogen-bond acceptors (Lipinski definition) is 5. The summed E-state index contributed by atoms with van der Waals surface area (Å²) in [4.78, 5) is 32.7. The van der Waals surface area contributed by atoms with Gasteiger partial charge in [0.2, 0.25) is 5.91 Å². The van der Waals surface area contributed by atoms with Crippen molar-refractivity contribution in [3.63, 3.8) is 0 Å². The Labute approximate surface area is 121 Å². The normalized spacial score (nSPS) is 10.2. The zero-order chi connectivity index (χ0) is 16.0. The van der Waals surface area contributed by atoms with Crippen LogP contribution in [0.2, 0.25) is 0 Å². The third kappa shape index (κ3) is 5.09. The summed E-state index contributed by atoms with van der Waals surface area (Å²) in [7, 11) is 0. The van der Waals surface area contributed by atoms with Gasteiger partial charge in [-0.05, 0) is 18.1 Å². The van der Waals surface area contributed by atoms with Crippen LogP contribution in [0.3, 0.4) is 0 Å². The minimum Gasteiger partial charge on any atom is -0.478 e. The van der Waals surface area contributed by atoms with Crippen LogP contribution >= 0.6 is 0 Å². The molecule has 0 aliphatic carbocycles. The highest BCUT2D eigenvalue weighted by atomic mass is 16.6. The second kappa shape index (κ2) is 7.22. The van der Waals surface area contributed by atoms with Gasteiger partial charge in [-0.15, -0.1) is 0 Å². The lowest BCUT2D eigenvalue weighted by atomic mass is 10.1. The van der Waals surface area contributed by atoms with Gasteiger partial charge in [-0.25, -0.2) is 4.79 Å². The number of nitro groups is 1. The van der Waals surface area contributed by atoms with Crippen molar-refractivity contribution in [3.8, 4) is 0 Å². The van der Waals surface area contributed by atoms with E-state index in [0.29, 0.717) is 12.5 Å². The number of rotatable bonds is 7. The minimum absolute atomic E-state index is 0.000373. The molecule has 0 heterocycles. The Morgan fingerprint density at radius 2 is 2.05 bits per heavy atom. The number of hydrogen-bond donors (Lipinski definition) is 3. The number of nitrogens with zero attached hydrogens (tertiary/aromatic N) is 1. The molecule has 8 nitrogen and oxygen atoms in total. The molecule has 0 aromatic heterocycles. The summed E-state index contributed by atoms with van der Waals surface area (Å²) in [5.41, 5.74) is -0.373. The van der Waals surface area contributed by atoms with E-state index < -0.39 is 10.9 Å². The second-order valence-electron chi connectivity index (χ2n) is 4.85. The van der Waals surface area contributed by atoms with Crippen molar-refractivity contribution >= 4 is 23.3 Å². The molecule has 1 aromatic rings. The summed E-state index contributed by atoms with van der Waals surface area (Å²) < 4.78 is 0. The first-order valence-electron chi connectivity index (χ1n) is 6.33. The number of carbonyl (C=O) groups is 2. The standard InChI is InChI=1S/C13H17N3O5/c1-8(2)6-15-12(17)7-14-10-5-9(13(18)19)3-4-11(10)16(20)21/h3-5,8,14H,6-7H2,1-2H3,(H,15,17)(H,18,19). The summed E-state index contributed by atoms with van der Waals surface area (Å²) in [6, 6.07) is 3.37. The molecule has 1 aromatic carbocycles. The second-order valence-corrected chi connectivity index (χ2v) is 4.85. The van der Waals surface area contributed by atoms with E-state index in [1.807, 2.05) is 13.8 Å². The van der Waals surface area contributed by atoms with Crippen molar-refractivity contribution in [2.45, 2.75) is 13.8 Å². The highest BCUT2D eigenvalue weighted by Gasteiger charge is 2.17. The van der Waals surface area contributed by atoms with Crippen LogP contribution in [0.25, 0.3) is 0 Å². The van der Waals surface area contributed by atoms with Crippen molar-refractivity contribution in [3.05, 3.63) is 33.9 Å². The molecule has 114 valence electrons. The molecule has 3 N–H and O–H groups in total. The molecule has 0 aliphatic rings. The quantitative estimate of drug-likeness (QED) is 0.517. The van der Waals surface area contributed by atoms with Gasteiger partial charge in [-0.3, -0.25) is 14.9 Å². The Kier molecular flexibility index (Phi) is 5.65. The smallest absolute Gasteiger partial charge is 0.335 e. The summed E-state index contributed by atoms with van der Waals surface area (Å²) in [6.07, 6.45) is 0. The van der Waals surface area contributed by atoms with Gasteiger partial charge in [0.15, 0.2) is 0 Å². The molecule has 0 bridgehead atoms. The average Bonchev–Trinajstić information content (AvgIpc) is 2.42. The molecule has 0 saturated heterocycles. The fraction of sp³-hybridized carbons (Fsp3) is 0.385. The molecule has 0 unspecified atom stereocenters. The van der Waals surface area contributed by atoms with Crippen LogP contribution in [0.1, 0.15) is 24.2 Å². The lowest BCUT2D eigenvalue weighted by molar-refractivity contribution is -0.383. The topological polar surface area (TPSA) is 122 Å². The lowest BCUT2D eigenvalue weighted by Crippen LogP contribution is -2.32. The summed E-state index contributed by atoms with van der Waals surface area (Å²) in [5.74, 6) is -1.23. The number of anilines is 1. The maximum Gasteiger partial charge on any atom is 0.335 e. The highest BCUT2D eigenvalue weighted by Crippen LogP contribution is 2.25. The van der Waals surface area contributed by atoms with Crippen LogP contribution in [-0.4, -0.2) is 35.0 Å². The predicted molar refractivity (Wildman–Crippen MR) is 76.4 cm³/mol. The number of carboxylic acid groups (broad SMARTS) is 1. The maximum absolute atomic E-state index is 11.6. The van der Waals surface area contributed by atoms with Gasteiger partial charge in [-0.2, -0.15) is 0 Å². The molecule has 0 spiro atoms. The van der Waals surface area contributed by atoms with E-state index in [4.69, 9.17) is 5.11 Å². The zero-order valence-electron chi connectivity index (χ0n) is 11.8. The summed E-state index contributed by atoms with van der Waals surface area (Å²) in [5, 5.41) is 25.0. The number of aromatic carboxylic acids is 1. The number of amides is 1. The number of nitrogens with one attached hydrogen (secondary N) is 2. The van der Waals surface area contributed by atoms with Gasteiger partial charge in [0.25, 0.3) is 5.69 Å². The van der Waals surface area contributed by atoms with E-state index in [0.717, 1.165) is 18.2 Å². The third-order valence-corrected chi connectivity index (χ3v) is 2.59. The van der Waals surface area contributed by atoms with Gasteiger partial charge in [0.1, 0.15) is 5.69 Å². The zero-order valence-corrected chi connectivity index (χ0v) is 11.8. The first-order chi connectivity index (χ1) is 9.81. The van der Waals surface area contributed by atoms with E-state index in [9.17, 15) is 19.7 Å². The van der Waals surface area contributed by atoms with E-state index in [-0.39, 0.29) is 29.4 Å². The fourth-order valence-corrected chi connectivity index (χ4v) is 1.53. The summed E-state index contributed by atoms with van der Waals surface area (Å²) >= 11 is 0. The van der Waals surface area contributed by atoms with Crippen LogP contribution in [-0.2, 0) is 4.79 Å². The van der Waals surface area contributed by atoms with Crippen molar-refractivity contribution in [1.82, 2.24) is 5.32 Å². The van der Waals surface area contributed by atoms with Crippen LogP contribution in [0.4, 0.5) is 11.4 Å². The Morgan fingerprint density at radius 3 is 2.57 bits per heavy atom. The number of carbonyl (C=O) groups excluding carboxylic acids is 1. The van der Waals surface area contributed by atoms with Crippen molar-refractivity contribution < 1.29 is 19.6 Å². The molecule has 1 rings (SSSR count). The van der Waals surface area contributed by atoms with E-state index >= 15 is 0 Å². The van der Waals surface area contributed by atoms with Gasteiger partial charge in [0, 0.05) is 12.6 Å². The fourth-order valence-electron chi connectivity index (χ4n) is 1.53. The van der Waals surface area contributed by atoms with Crippen LogP contribution in [0, 0.1) is 16.0 Å². The van der Waals surface area contributed by atoms with Crippen LogP contribution in [0.15, 0.2) is 18.2 Å². The molecule has 0 atom stereocenters. The molecule has 0 radical (unpaired) electrons. The average molecular weight is 295 g/mol. The third-order valence-electron chi connectivity index (χ3n) is 2.59. The van der Waals surface area contributed by atoms with Gasteiger partial charge in [0.05, 0.1) is 17.0 Å². The first-order valence-corrected chi connectivity index (χ1v) is 6.33. The lowest BCUT2D eigenvalue weighted by Gasteiger charge is -2.10. The molecule has 21 heavy (non-hydrogen) atoms. The molecule has 1 amide bonds. The van der Waals surface area contributed by atoms with E-state index in [2.05, 4.69) is 10.6 Å². The van der Waals surface area contributed by atoms with Gasteiger partial charge < -0.3 is 15.7 Å². The SMILES string of the molecule is CC(C)CNC(=O)CNc1cc(C(=O)O)ccc1[N+](=O)[O-]. The van der Waals surface area contributed by atoms with Crippen molar-refractivity contribution in [2.75, 3.05) is 18.4 Å².